The average molecular weight is 346 g/mol. The maximum atomic E-state index is 12.4. The summed E-state index contributed by atoms with van der Waals surface area (Å²) in [6.45, 7) is 4.58. The van der Waals surface area contributed by atoms with Crippen molar-refractivity contribution in [3.05, 3.63) is 58.9 Å². The second kappa shape index (κ2) is 8.45. The number of carbonyl (C=O) groups is 2. The Morgan fingerprint density at radius 3 is 2.58 bits per heavy atom. The van der Waals surface area contributed by atoms with Crippen LogP contribution in [0.4, 0.5) is 5.69 Å². The summed E-state index contributed by atoms with van der Waals surface area (Å²) < 4.78 is 0. The lowest BCUT2D eigenvalue weighted by molar-refractivity contribution is -0.143. The lowest BCUT2D eigenvalue weighted by atomic mass is 10.2. The highest BCUT2D eigenvalue weighted by molar-refractivity contribution is 6.40. The van der Waals surface area contributed by atoms with Crippen LogP contribution in [0.2, 0.25) is 5.02 Å². The van der Waals surface area contributed by atoms with Gasteiger partial charge in [-0.2, -0.15) is 0 Å². The van der Waals surface area contributed by atoms with Crippen LogP contribution in [0.25, 0.3) is 0 Å². The van der Waals surface area contributed by atoms with Crippen molar-refractivity contribution in [3.8, 4) is 0 Å². The highest BCUT2D eigenvalue weighted by Crippen LogP contribution is 2.22. The molecule has 0 spiro atoms. The van der Waals surface area contributed by atoms with Gasteiger partial charge in [0.05, 0.1) is 0 Å². The third-order valence-corrected chi connectivity index (χ3v) is 4.21. The molecule has 1 aromatic carbocycles. The minimum Gasteiger partial charge on any atom is -0.334 e. The van der Waals surface area contributed by atoms with Crippen molar-refractivity contribution >= 4 is 29.1 Å². The van der Waals surface area contributed by atoms with Crippen LogP contribution in [0.3, 0.4) is 0 Å². The van der Waals surface area contributed by atoms with Crippen molar-refractivity contribution in [3.63, 3.8) is 0 Å². The van der Waals surface area contributed by atoms with Gasteiger partial charge in [-0.15, -0.1) is 0 Å². The maximum Gasteiger partial charge on any atom is 0.313 e. The highest BCUT2D eigenvalue weighted by Gasteiger charge is 2.21. The summed E-state index contributed by atoms with van der Waals surface area (Å²) in [6, 6.07) is 8.99. The first-order chi connectivity index (χ1) is 11.5. The van der Waals surface area contributed by atoms with E-state index in [1.54, 1.807) is 37.5 Å². The molecule has 0 radical (unpaired) electrons. The molecule has 0 aliphatic rings. The number of nitrogens with zero attached hydrogens (tertiary/aromatic N) is 2. The molecule has 6 heteroatoms. The third-order valence-electron chi connectivity index (χ3n) is 3.80. The first kappa shape index (κ1) is 17.9. The molecule has 0 unspecified atom stereocenters. The summed E-state index contributed by atoms with van der Waals surface area (Å²) in [5.74, 6) is -1.21. The number of nitrogens with one attached hydrogen (secondary N) is 1. The van der Waals surface area contributed by atoms with E-state index < -0.39 is 11.8 Å². The Bertz CT molecular complexity index is 719. The molecular weight excluding hydrogens is 326 g/mol. The zero-order valence-electron chi connectivity index (χ0n) is 13.8. The van der Waals surface area contributed by atoms with Crippen LogP contribution < -0.4 is 5.32 Å². The maximum absolute atomic E-state index is 12.4. The largest absolute Gasteiger partial charge is 0.334 e. The minimum absolute atomic E-state index is 0.464. The van der Waals surface area contributed by atoms with Crippen LogP contribution in [-0.2, 0) is 16.0 Å². The van der Waals surface area contributed by atoms with E-state index in [0.717, 1.165) is 11.1 Å². The summed E-state index contributed by atoms with van der Waals surface area (Å²) in [4.78, 5) is 30.1. The summed E-state index contributed by atoms with van der Waals surface area (Å²) in [6.07, 6.45) is 4.09. The topological polar surface area (TPSA) is 62.3 Å². The van der Waals surface area contributed by atoms with Crippen molar-refractivity contribution in [1.82, 2.24) is 9.88 Å². The number of aromatic nitrogens is 1. The van der Waals surface area contributed by atoms with E-state index in [1.165, 1.54) is 4.90 Å². The van der Waals surface area contributed by atoms with Crippen LogP contribution in [0, 0.1) is 6.92 Å². The molecule has 2 rings (SSSR count). The van der Waals surface area contributed by atoms with E-state index >= 15 is 0 Å². The van der Waals surface area contributed by atoms with Gasteiger partial charge in [0, 0.05) is 36.2 Å². The number of hydrogen-bond donors (Lipinski definition) is 1. The number of carbonyl (C=O) groups excluding carboxylic acids is 2. The van der Waals surface area contributed by atoms with Gasteiger partial charge in [0.15, 0.2) is 0 Å². The normalized spacial score (nSPS) is 10.3. The molecule has 0 atom stereocenters. The number of halogens is 1. The molecule has 0 saturated carbocycles. The van der Waals surface area contributed by atoms with E-state index in [0.29, 0.717) is 30.2 Å². The number of rotatable bonds is 5. The summed E-state index contributed by atoms with van der Waals surface area (Å²) in [5.41, 5.74) is 2.36. The third kappa shape index (κ3) is 4.55. The number of anilines is 1. The Morgan fingerprint density at radius 2 is 1.92 bits per heavy atom. The van der Waals surface area contributed by atoms with Gasteiger partial charge in [0.1, 0.15) is 0 Å². The smallest absolute Gasteiger partial charge is 0.313 e. The van der Waals surface area contributed by atoms with Crippen LogP contribution in [0.5, 0.6) is 0 Å². The monoisotopic (exact) mass is 345 g/mol. The highest BCUT2D eigenvalue weighted by atomic mass is 35.5. The van der Waals surface area contributed by atoms with Gasteiger partial charge in [-0.25, -0.2) is 0 Å². The lowest BCUT2D eigenvalue weighted by Gasteiger charge is -2.20. The molecule has 0 bridgehead atoms. The van der Waals surface area contributed by atoms with Crippen LogP contribution in [0.15, 0.2) is 42.7 Å². The standard InChI is InChI=1S/C18H20ClN3O2/c1-3-22(12-9-14-7-10-20-11-8-14)18(24)17(23)21-16-6-4-5-15(19)13(16)2/h4-8,10-11H,3,9,12H2,1-2H3,(H,21,23). The molecule has 2 aromatic rings. The predicted octanol–water partition coefficient (Wildman–Crippen LogP) is 3.07. The Kier molecular flexibility index (Phi) is 6.32. The lowest BCUT2D eigenvalue weighted by Crippen LogP contribution is -2.40. The van der Waals surface area contributed by atoms with Crippen molar-refractivity contribution < 1.29 is 9.59 Å². The van der Waals surface area contributed by atoms with E-state index in [2.05, 4.69) is 10.3 Å². The molecule has 2 amide bonds. The quantitative estimate of drug-likeness (QED) is 0.847. The Hall–Kier alpha value is -2.40. The average Bonchev–Trinajstić information content (AvgIpc) is 2.60. The second-order valence-electron chi connectivity index (χ2n) is 5.36. The van der Waals surface area contributed by atoms with E-state index in [4.69, 9.17) is 11.6 Å². The van der Waals surface area contributed by atoms with Crippen molar-refractivity contribution in [2.75, 3.05) is 18.4 Å². The fourth-order valence-electron chi connectivity index (χ4n) is 2.28. The zero-order chi connectivity index (χ0) is 17.5. The molecule has 0 saturated heterocycles. The molecule has 1 N–H and O–H groups in total. The van der Waals surface area contributed by atoms with Crippen molar-refractivity contribution in [2.24, 2.45) is 0 Å². The van der Waals surface area contributed by atoms with E-state index in [1.807, 2.05) is 19.1 Å². The van der Waals surface area contributed by atoms with Crippen LogP contribution in [0.1, 0.15) is 18.1 Å². The minimum atomic E-state index is -0.656. The van der Waals surface area contributed by atoms with Crippen molar-refractivity contribution in [2.45, 2.75) is 20.3 Å². The van der Waals surface area contributed by atoms with Gasteiger partial charge in [-0.1, -0.05) is 17.7 Å². The van der Waals surface area contributed by atoms with Gasteiger partial charge in [-0.05, 0) is 55.7 Å². The number of benzene rings is 1. The van der Waals surface area contributed by atoms with Gasteiger partial charge < -0.3 is 10.2 Å². The SMILES string of the molecule is CCN(CCc1ccncc1)C(=O)C(=O)Nc1cccc(Cl)c1C. The fourth-order valence-corrected chi connectivity index (χ4v) is 2.45. The van der Waals surface area contributed by atoms with Crippen molar-refractivity contribution in [1.29, 1.82) is 0 Å². The summed E-state index contributed by atoms with van der Waals surface area (Å²) in [7, 11) is 0. The number of likely N-dealkylation sites (N-methyl/N-ethyl adjacent to an activating group) is 1. The Balaban J connectivity index is 1.99. The van der Waals surface area contributed by atoms with Gasteiger partial charge in [-0.3, -0.25) is 14.6 Å². The molecule has 0 fully saturated rings. The molecule has 0 aliphatic heterocycles. The molecule has 1 aromatic heterocycles. The van der Waals surface area contributed by atoms with Crippen LogP contribution >= 0.6 is 11.6 Å². The molecule has 0 aliphatic carbocycles. The first-order valence-electron chi connectivity index (χ1n) is 7.77. The number of pyridine rings is 1. The summed E-state index contributed by atoms with van der Waals surface area (Å²) >= 11 is 6.03. The number of amides is 2. The molecule has 126 valence electrons. The first-order valence-corrected chi connectivity index (χ1v) is 8.15. The molecule has 24 heavy (non-hydrogen) atoms. The molecule has 1 heterocycles. The van der Waals surface area contributed by atoms with E-state index in [9.17, 15) is 9.59 Å². The molecule has 5 nitrogen and oxygen atoms in total. The fraction of sp³-hybridized carbons (Fsp3) is 0.278. The predicted molar refractivity (Wildman–Crippen MR) is 95.0 cm³/mol. The second-order valence-corrected chi connectivity index (χ2v) is 5.76. The Morgan fingerprint density at radius 1 is 1.21 bits per heavy atom. The number of hydrogen-bond acceptors (Lipinski definition) is 3. The molecular formula is C18H20ClN3O2. The summed E-state index contributed by atoms with van der Waals surface area (Å²) in [5, 5.41) is 3.19. The van der Waals surface area contributed by atoms with Gasteiger partial charge >= 0.3 is 11.8 Å². The zero-order valence-corrected chi connectivity index (χ0v) is 14.5. The van der Waals surface area contributed by atoms with E-state index in [-0.39, 0.29) is 0 Å². The Labute approximate surface area is 146 Å². The van der Waals surface area contributed by atoms with Gasteiger partial charge in [0.25, 0.3) is 0 Å². The van der Waals surface area contributed by atoms with Gasteiger partial charge in [0.2, 0.25) is 0 Å². The van der Waals surface area contributed by atoms with Crippen LogP contribution in [-0.4, -0.2) is 34.8 Å².